The third kappa shape index (κ3) is 6.43. The maximum Gasteiger partial charge on any atom is 0.490 e. The van der Waals surface area contributed by atoms with Crippen molar-refractivity contribution in [1.82, 2.24) is 9.55 Å². The van der Waals surface area contributed by atoms with E-state index in [4.69, 9.17) is 14.7 Å². The van der Waals surface area contributed by atoms with Crippen molar-refractivity contribution in [3.8, 4) is 0 Å². The number of hydrogen-bond donors (Lipinski definition) is 7. The minimum atomic E-state index is -5.71. The highest BCUT2D eigenvalue weighted by atomic mass is 32.2. The summed E-state index contributed by atoms with van der Waals surface area (Å²) in [5, 5.41) is 18.5. The molecule has 16 nitrogen and oxygen atoms in total. The average Bonchev–Trinajstić information content (AvgIpc) is 2.73. The number of thioether (sulfide) groups is 1. The lowest BCUT2D eigenvalue weighted by molar-refractivity contribution is -0.0682. The van der Waals surface area contributed by atoms with Crippen molar-refractivity contribution in [2.24, 2.45) is 0 Å². The highest BCUT2D eigenvalue weighted by Gasteiger charge is 2.53. The number of phosphoric ester groups is 1. The van der Waals surface area contributed by atoms with Crippen molar-refractivity contribution in [2.45, 2.75) is 29.3 Å². The van der Waals surface area contributed by atoms with Gasteiger partial charge in [0.05, 0.1) is 18.0 Å². The molecule has 0 spiro atoms. The summed E-state index contributed by atoms with van der Waals surface area (Å²) in [5.41, 5.74) is -3.60. The van der Waals surface area contributed by atoms with Crippen LogP contribution in [0.4, 0.5) is 0 Å². The molecule has 1 saturated heterocycles. The number of aliphatic hydroxyl groups is 2. The minimum Gasteiger partial charge on any atom is -0.389 e. The van der Waals surface area contributed by atoms with Gasteiger partial charge in [0, 0.05) is 12.3 Å². The van der Waals surface area contributed by atoms with Crippen LogP contribution in [0.15, 0.2) is 21.9 Å². The highest BCUT2D eigenvalue weighted by Crippen LogP contribution is 2.66. The number of hydrogen-bond acceptors (Lipinski definition) is 11. The molecule has 6 atom stereocenters. The van der Waals surface area contributed by atoms with Crippen LogP contribution in [-0.4, -0.2) is 62.9 Å². The second kappa shape index (κ2) is 8.71. The van der Waals surface area contributed by atoms with Crippen LogP contribution in [0.1, 0.15) is 12.3 Å². The second-order valence-electron chi connectivity index (χ2n) is 6.10. The normalized spacial score (nSPS) is 31.2. The van der Waals surface area contributed by atoms with E-state index >= 15 is 0 Å². The van der Waals surface area contributed by atoms with Crippen molar-refractivity contribution in [2.75, 3.05) is 6.61 Å². The zero-order valence-electron chi connectivity index (χ0n) is 14.7. The first-order valence-electron chi connectivity index (χ1n) is 7.59. The third-order valence-electron chi connectivity index (χ3n) is 3.68. The molecule has 0 amide bonds. The maximum absolute atomic E-state index is 11.9. The molecule has 1 aromatic heterocycles. The number of aliphatic hydroxyl groups excluding tert-OH is 1. The summed E-state index contributed by atoms with van der Waals surface area (Å²) in [7, 11) is -16.7. The maximum atomic E-state index is 11.9. The minimum absolute atomic E-state index is 0.705. The van der Waals surface area contributed by atoms with Gasteiger partial charge < -0.3 is 29.8 Å². The molecule has 0 radical (unpaired) electrons. The zero-order valence-corrected chi connectivity index (χ0v) is 18.2. The third-order valence-corrected chi connectivity index (χ3v) is 9.18. The number of H-pyrrole nitrogens is 1. The molecule has 20 heteroatoms. The zero-order chi connectivity index (χ0) is 23.1. The summed E-state index contributed by atoms with van der Waals surface area (Å²) in [5.74, 6) is 0. The fraction of sp³-hybridized carbons (Fsp3) is 0.600. The molecule has 0 aliphatic carbocycles. The number of nitrogens with one attached hydrogen (secondary N) is 1. The smallest absolute Gasteiger partial charge is 0.389 e. The van der Waals surface area contributed by atoms with Gasteiger partial charge in [-0.05, 0) is 6.92 Å². The Bertz CT molecular complexity index is 1050. The van der Waals surface area contributed by atoms with Crippen molar-refractivity contribution < 1.29 is 56.6 Å². The van der Waals surface area contributed by atoms with Crippen LogP contribution in [0.25, 0.3) is 0 Å². The van der Waals surface area contributed by atoms with Gasteiger partial charge in [0.2, 0.25) is 0 Å². The summed E-state index contributed by atoms with van der Waals surface area (Å²) < 4.78 is 46.2. The summed E-state index contributed by atoms with van der Waals surface area (Å²) in [4.78, 5) is 60.6. The Hall–Kier alpha value is -0.640. The molecular weight excluding hydrogens is 497 g/mol. The Balaban J connectivity index is 2.13. The largest absolute Gasteiger partial charge is 0.490 e. The molecule has 1 fully saturated rings. The van der Waals surface area contributed by atoms with Crippen LogP contribution in [0.2, 0.25) is 0 Å². The van der Waals surface area contributed by atoms with E-state index in [0.29, 0.717) is 11.8 Å². The molecule has 0 saturated carbocycles. The van der Waals surface area contributed by atoms with Gasteiger partial charge in [0.1, 0.15) is 11.0 Å². The summed E-state index contributed by atoms with van der Waals surface area (Å²) in [6, 6.07) is 0.990. The number of aromatic amines is 1. The van der Waals surface area contributed by atoms with E-state index in [1.54, 1.807) is 0 Å². The Morgan fingerprint density at radius 2 is 1.77 bits per heavy atom. The Morgan fingerprint density at radius 3 is 2.30 bits per heavy atom. The van der Waals surface area contributed by atoms with Gasteiger partial charge in [-0.2, -0.15) is 8.62 Å². The van der Waals surface area contributed by atoms with E-state index < -0.39 is 63.7 Å². The van der Waals surface area contributed by atoms with E-state index in [9.17, 15) is 38.4 Å². The monoisotopic (exact) mass is 514 g/mol. The Kier molecular flexibility index (Phi) is 7.44. The summed E-state index contributed by atoms with van der Waals surface area (Å²) in [6.45, 7) is 0.276. The fourth-order valence-electron chi connectivity index (χ4n) is 2.46. The quantitative estimate of drug-likeness (QED) is 0.197. The van der Waals surface area contributed by atoms with Crippen molar-refractivity contribution in [1.29, 1.82) is 0 Å². The van der Waals surface area contributed by atoms with E-state index in [1.807, 2.05) is 4.98 Å². The van der Waals surface area contributed by atoms with Crippen LogP contribution >= 0.6 is 35.2 Å². The first-order valence-corrected chi connectivity index (χ1v) is 13.1. The molecule has 2 heterocycles. The molecule has 1 aliphatic heterocycles. The first-order chi connectivity index (χ1) is 13.4. The van der Waals surface area contributed by atoms with E-state index in [2.05, 4.69) is 13.1 Å². The van der Waals surface area contributed by atoms with Crippen molar-refractivity contribution in [3.63, 3.8) is 0 Å². The molecular formula is C10H17N2O14P3S. The van der Waals surface area contributed by atoms with Gasteiger partial charge in [0.25, 0.3) is 5.56 Å². The van der Waals surface area contributed by atoms with Crippen molar-refractivity contribution >= 4 is 35.2 Å². The molecule has 1 aromatic rings. The molecule has 172 valence electrons. The van der Waals surface area contributed by atoms with Crippen LogP contribution in [0.3, 0.4) is 0 Å². The first kappa shape index (κ1) is 25.6. The Morgan fingerprint density at radius 1 is 1.17 bits per heavy atom. The van der Waals surface area contributed by atoms with Gasteiger partial charge in [0.15, 0.2) is 0 Å². The summed E-state index contributed by atoms with van der Waals surface area (Å²) in [6.07, 6.45) is -0.594. The van der Waals surface area contributed by atoms with Gasteiger partial charge in [-0.15, -0.1) is 11.8 Å². The SMILES string of the molecule is C[C@@]1(O)[C@H](O)[C@@H](COP(=O)(O)OP(=O)(O)OP(=O)(O)O)S[C@H]1n1ccc(=O)[nH]c1=O. The number of phosphoric acid groups is 3. The summed E-state index contributed by atoms with van der Waals surface area (Å²) >= 11 is 0.708. The van der Waals surface area contributed by atoms with Gasteiger partial charge in [-0.1, -0.05) is 0 Å². The van der Waals surface area contributed by atoms with E-state index in [0.717, 1.165) is 23.8 Å². The van der Waals surface area contributed by atoms with Crippen LogP contribution in [0.5, 0.6) is 0 Å². The van der Waals surface area contributed by atoms with E-state index in [1.165, 1.54) is 0 Å². The lowest BCUT2D eigenvalue weighted by Gasteiger charge is -2.28. The molecule has 1 aliphatic rings. The fourth-order valence-corrected chi connectivity index (χ4v) is 7.22. The second-order valence-corrected chi connectivity index (χ2v) is 11.8. The molecule has 7 N–H and O–H groups in total. The molecule has 2 rings (SSSR count). The average molecular weight is 514 g/mol. The predicted molar refractivity (Wildman–Crippen MR) is 98.2 cm³/mol. The van der Waals surface area contributed by atoms with Crippen molar-refractivity contribution in [3.05, 3.63) is 33.1 Å². The number of rotatable bonds is 8. The molecule has 2 unspecified atom stereocenters. The van der Waals surface area contributed by atoms with Gasteiger partial charge in [-0.3, -0.25) is 18.9 Å². The van der Waals surface area contributed by atoms with Gasteiger partial charge in [-0.25, -0.2) is 18.5 Å². The molecule has 0 aromatic carbocycles. The Labute approximate surface area is 170 Å². The number of aromatic nitrogens is 2. The van der Waals surface area contributed by atoms with Gasteiger partial charge >= 0.3 is 29.2 Å². The van der Waals surface area contributed by atoms with E-state index in [-0.39, 0.29) is 0 Å². The highest BCUT2D eigenvalue weighted by molar-refractivity contribution is 8.00. The topological polar surface area (TPSA) is 255 Å². The van der Waals surface area contributed by atoms with Crippen LogP contribution < -0.4 is 11.2 Å². The number of nitrogens with zero attached hydrogens (tertiary/aromatic N) is 1. The van der Waals surface area contributed by atoms with Crippen LogP contribution in [0, 0.1) is 0 Å². The predicted octanol–water partition coefficient (Wildman–Crippen LogP) is -1.39. The van der Waals surface area contributed by atoms with Crippen LogP contribution in [-0.2, 0) is 26.8 Å². The molecule has 0 bridgehead atoms. The molecule has 30 heavy (non-hydrogen) atoms. The standard InChI is InChI=1S/C10H17N2O14P3S/c1-10(16)7(14)5(30-8(10)12-3-2-6(13)11-9(12)15)4-24-28(20,21)26-29(22,23)25-27(17,18)19/h2-3,5,7-8,14,16H,4H2,1H3,(H,20,21)(H,22,23)(H,11,13,15)(H2,17,18,19)/t5-,7-,8-,10-/m1/s1. The lowest BCUT2D eigenvalue weighted by Crippen LogP contribution is -2.46. The lowest BCUT2D eigenvalue weighted by atomic mass is 9.96.